The number of benzene rings is 1. The number of esters is 1. The van der Waals surface area contributed by atoms with Crippen molar-refractivity contribution in [2.24, 2.45) is 0 Å². The molecule has 0 aliphatic rings. The van der Waals surface area contributed by atoms with E-state index in [0.29, 0.717) is 12.2 Å². The first-order valence-corrected chi connectivity index (χ1v) is 5.95. The molecule has 0 heterocycles. The Morgan fingerprint density at radius 1 is 1.44 bits per heavy atom. The van der Waals surface area contributed by atoms with Gasteiger partial charge in [-0.15, -0.1) is 0 Å². The van der Waals surface area contributed by atoms with Crippen LogP contribution in [0.3, 0.4) is 0 Å². The van der Waals surface area contributed by atoms with Crippen molar-refractivity contribution in [1.82, 2.24) is 5.32 Å². The Kier molecular flexibility index (Phi) is 4.94. The second-order valence-corrected chi connectivity index (χ2v) is 3.81. The average Bonchev–Trinajstić information content (AvgIpc) is 2.45. The van der Waals surface area contributed by atoms with E-state index in [2.05, 4.69) is 5.32 Å². The van der Waals surface area contributed by atoms with Crippen LogP contribution in [0.4, 0.5) is 0 Å². The van der Waals surface area contributed by atoms with E-state index in [-0.39, 0.29) is 12.4 Å². The molecule has 0 aliphatic heterocycles. The molecule has 0 fully saturated rings. The Morgan fingerprint density at radius 3 is 2.61 bits per heavy atom. The minimum atomic E-state index is -1.67. The molecule has 100 valence electrons. The fourth-order valence-electron chi connectivity index (χ4n) is 1.53. The minimum Gasteiger partial charge on any atom is -0.494 e. The predicted molar refractivity (Wildman–Crippen MR) is 70.8 cm³/mol. The van der Waals surface area contributed by atoms with Crippen LogP contribution in [-0.2, 0) is 16.0 Å². The SMILES string of the molecule is [2H]C([2H])(CC)Oc1ccc(CC(NC)C(=O)OC)cc1. The number of carbonyl (C=O) groups excluding carboxylic acids is 1. The summed E-state index contributed by atoms with van der Waals surface area (Å²) in [5.41, 5.74) is 0.944. The Hall–Kier alpha value is -1.55. The van der Waals surface area contributed by atoms with Gasteiger partial charge < -0.3 is 14.8 Å². The summed E-state index contributed by atoms with van der Waals surface area (Å²) in [7, 11) is 3.06. The van der Waals surface area contributed by atoms with Gasteiger partial charge >= 0.3 is 5.97 Å². The van der Waals surface area contributed by atoms with Gasteiger partial charge in [0.25, 0.3) is 0 Å². The summed E-state index contributed by atoms with van der Waals surface area (Å²) in [5.74, 6) is 0.162. The highest BCUT2D eigenvalue weighted by Gasteiger charge is 2.16. The quantitative estimate of drug-likeness (QED) is 0.752. The van der Waals surface area contributed by atoms with E-state index in [1.54, 1.807) is 26.1 Å². The molecular weight excluding hydrogens is 230 g/mol. The molecule has 4 heteroatoms. The summed E-state index contributed by atoms with van der Waals surface area (Å²) in [4.78, 5) is 11.5. The van der Waals surface area contributed by atoms with Gasteiger partial charge in [0, 0.05) is 0 Å². The van der Waals surface area contributed by atoms with E-state index in [9.17, 15) is 4.79 Å². The molecule has 0 saturated heterocycles. The van der Waals surface area contributed by atoms with E-state index in [1.165, 1.54) is 7.11 Å². The Labute approximate surface area is 111 Å². The third-order valence-electron chi connectivity index (χ3n) is 2.53. The highest BCUT2D eigenvalue weighted by Crippen LogP contribution is 2.14. The van der Waals surface area contributed by atoms with Crippen LogP contribution >= 0.6 is 0 Å². The van der Waals surface area contributed by atoms with Gasteiger partial charge in [0.15, 0.2) is 0 Å². The molecule has 4 nitrogen and oxygen atoms in total. The lowest BCUT2D eigenvalue weighted by Gasteiger charge is -2.13. The summed E-state index contributed by atoms with van der Waals surface area (Å²) in [6, 6.07) is 6.64. The maximum Gasteiger partial charge on any atom is 0.323 e. The second-order valence-electron chi connectivity index (χ2n) is 3.81. The summed E-state index contributed by atoms with van der Waals surface area (Å²) in [6.07, 6.45) is 0.781. The molecule has 0 bridgehead atoms. The molecule has 1 aromatic rings. The molecule has 0 radical (unpaired) electrons. The molecule has 0 aromatic heterocycles. The Balaban J connectivity index is 2.69. The van der Waals surface area contributed by atoms with E-state index >= 15 is 0 Å². The van der Waals surface area contributed by atoms with Gasteiger partial charge in [0.2, 0.25) is 0 Å². The van der Waals surface area contributed by atoms with Crippen LogP contribution < -0.4 is 10.1 Å². The molecule has 0 spiro atoms. The van der Waals surface area contributed by atoms with E-state index in [0.717, 1.165) is 5.56 Å². The first-order chi connectivity index (χ1) is 9.41. The molecule has 1 N–H and O–H groups in total. The normalized spacial score (nSPS) is 14.4. The maximum absolute atomic E-state index is 11.5. The number of hydrogen-bond donors (Lipinski definition) is 1. The lowest BCUT2D eigenvalue weighted by Crippen LogP contribution is -2.36. The second kappa shape index (κ2) is 7.71. The zero-order chi connectivity index (χ0) is 15.2. The highest BCUT2D eigenvalue weighted by molar-refractivity contribution is 5.76. The number of nitrogens with one attached hydrogen (secondary N) is 1. The van der Waals surface area contributed by atoms with Crippen molar-refractivity contribution >= 4 is 5.97 Å². The van der Waals surface area contributed by atoms with Crippen molar-refractivity contribution in [2.45, 2.75) is 25.8 Å². The molecule has 1 rings (SSSR count). The van der Waals surface area contributed by atoms with Crippen molar-refractivity contribution in [2.75, 3.05) is 20.7 Å². The summed E-state index contributed by atoms with van der Waals surface area (Å²) in [6.45, 7) is 0.0588. The lowest BCUT2D eigenvalue weighted by molar-refractivity contribution is -0.142. The van der Waals surface area contributed by atoms with Crippen LogP contribution in [0.5, 0.6) is 5.75 Å². The van der Waals surface area contributed by atoms with Crippen molar-refractivity contribution < 1.29 is 17.0 Å². The predicted octanol–water partition coefficient (Wildman–Crippen LogP) is 1.78. The minimum absolute atomic E-state index is 0.277. The number of methoxy groups -OCH3 is 1. The number of ether oxygens (including phenoxy) is 2. The fraction of sp³-hybridized carbons (Fsp3) is 0.500. The topological polar surface area (TPSA) is 47.6 Å². The van der Waals surface area contributed by atoms with Crippen molar-refractivity contribution in [3.05, 3.63) is 29.8 Å². The van der Waals surface area contributed by atoms with Gasteiger partial charge in [-0.25, -0.2) is 0 Å². The first kappa shape index (κ1) is 11.5. The maximum atomic E-state index is 11.5. The van der Waals surface area contributed by atoms with Crippen LogP contribution in [0.15, 0.2) is 24.3 Å². The Morgan fingerprint density at radius 2 is 2.11 bits per heavy atom. The summed E-state index contributed by atoms with van der Waals surface area (Å²) in [5, 5.41) is 2.90. The third kappa shape index (κ3) is 4.37. The van der Waals surface area contributed by atoms with Gasteiger partial charge in [0.1, 0.15) is 11.8 Å². The smallest absolute Gasteiger partial charge is 0.323 e. The zero-order valence-corrected chi connectivity index (χ0v) is 11.0. The van der Waals surface area contributed by atoms with E-state index in [4.69, 9.17) is 12.2 Å². The molecule has 1 atom stereocenters. The van der Waals surface area contributed by atoms with Crippen molar-refractivity contribution in [3.63, 3.8) is 0 Å². The van der Waals surface area contributed by atoms with Gasteiger partial charge in [0.05, 0.1) is 16.4 Å². The van der Waals surface area contributed by atoms with Crippen LogP contribution in [0.25, 0.3) is 0 Å². The number of carbonyl (C=O) groups is 1. The van der Waals surface area contributed by atoms with E-state index < -0.39 is 12.6 Å². The molecule has 0 amide bonds. The molecule has 18 heavy (non-hydrogen) atoms. The van der Waals surface area contributed by atoms with Gasteiger partial charge in [-0.1, -0.05) is 19.1 Å². The third-order valence-corrected chi connectivity index (χ3v) is 2.53. The number of hydrogen-bond acceptors (Lipinski definition) is 4. The molecular formula is C14H21NO3. The average molecular weight is 253 g/mol. The van der Waals surface area contributed by atoms with Crippen LogP contribution in [0.2, 0.25) is 0 Å². The molecule has 1 aromatic carbocycles. The lowest BCUT2D eigenvalue weighted by atomic mass is 10.1. The standard InChI is InChI=1S/C14H21NO3/c1-4-9-18-12-7-5-11(6-8-12)10-13(15-2)14(16)17-3/h5-8,13,15H,4,9-10H2,1-3H3/i9D2. The summed E-state index contributed by atoms with van der Waals surface area (Å²) >= 11 is 0. The number of rotatable bonds is 7. The van der Waals surface area contributed by atoms with Gasteiger partial charge in [-0.2, -0.15) is 0 Å². The first-order valence-electron chi connectivity index (χ1n) is 6.95. The largest absolute Gasteiger partial charge is 0.494 e. The van der Waals surface area contributed by atoms with Crippen LogP contribution in [0, 0.1) is 0 Å². The molecule has 1 unspecified atom stereocenters. The van der Waals surface area contributed by atoms with E-state index in [1.807, 2.05) is 12.1 Å². The van der Waals surface area contributed by atoms with Crippen LogP contribution in [0.1, 0.15) is 21.6 Å². The van der Waals surface area contributed by atoms with Crippen molar-refractivity contribution in [1.29, 1.82) is 0 Å². The monoisotopic (exact) mass is 253 g/mol. The molecule has 0 saturated carbocycles. The van der Waals surface area contributed by atoms with Crippen molar-refractivity contribution in [3.8, 4) is 5.75 Å². The fourth-order valence-corrected chi connectivity index (χ4v) is 1.53. The Bertz CT molecular complexity index is 435. The highest BCUT2D eigenvalue weighted by atomic mass is 16.5. The summed E-state index contributed by atoms with van der Waals surface area (Å²) < 4.78 is 25.1. The van der Waals surface area contributed by atoms with Gasteiger partial charge in [-0.05, 0) is 37.6 Å². The van der Waals surface area contributed by atoms with Gasteiger partial charge in [-0.3, -0.25) is 4.79 Å². The van der Waals surface area contributed by atoms with Crippen LogP contribution in [-0.4, -0.2) is 32.7 Å². The molecule has 0 aliphatic carbocycles. The number of likely N-dealkylation sites (N-methyl/N-ethyl adjacent to an activating group) is 1. The zero-order valence-electron chi connectivity index (χ0n) is 13.0.